The Morgan fingerprint density at radius 2 is 2.04 bits per heavy atom. The van der Waals surface area contributed by atoms with Crippen molar-refractivity contribution in [1.82, 2.24) is 5.32 Å². The molecule has 0 aromatic heterocycles. The molecule has 2 aromatic rings. The van der Waals surface area contributed by atoms with Crippen molar-refractivity contribution in [3.8, 4) is 0 Å². The molecule has 8 heteroatoms. The SMILES string of the molecule is C[C@H](NC(=O)C[C@H]1Sc2ccccc2NC1=O)c1cc(F)c(Cl)cc1Cl. The highest BCUT2D eigenvalue weighted by atomic mass is 35.5. The van der Waals surface area contributed by atoms with E-state index in [9.17, 15) is 14.0 Å². The van der Waals surface area contributed by atoms with Crippen LogP contribution in [0.25, 0.3) is 0 Å². The van der Waals surface area contributed by atoms with E-state index in [1.54, 1.807) is 6.92 Å². The summed E-state index contributed by atoms with van der Waals surface area (Å²) in [6.45, 7) is 1.69. The van der Waals surface area contributed by atoms with Gasteiger partial charge in [0.25, 0.3) is 0 Å². The van der Waals surface area contributed by atoms with Crippen LogP contribution in [-0.4, -0.2) is 17.1 Å². The van der Waals surface area contributed by atoms with Crippen LogP contribution in [0, 0.1) is 5.82 Å². The Balaban J connectivity index is 1.66. The van der Waals surface area contributed by atoms with E-state index in [1.807, 2.05) is 24.3 Å². The molecular weight excluding hydrogens is 398 g/mol. The molecule has 136 valence electrons. The second-order valence-electron chi connectivity index (χ2n) is 5.87. The summed E-state index contributed by atoms with van der Waals surface area (Å²) in [5, 5.41) is 5.20. The molecule has 0 bridgehead atoms. The lowest BCUT2D eigenvalue weighted by Gasteiger charge is -2.24. The molecule has 2 N–H and O–H groups in total. The van der Waals surface area contributed by atoms with E-state index >= 15 is 0 Å². The Morgan fingerprint density at radius 1 is 1.31 bits per heavy atom. The summed E-state index contributed by atoms with van der Waals surface area (Å²) < 4.78 is 13.7. The molecule has 0 saturated carbocycles. The van der Waals surface area contributed by atoms with Gasteiger partial charge in [-0.1, -0.05) is 35.3 Å². The quantitative estimate of drug-likeness (QED) is 0.708. The fourth-order valence-electron chi connectivity index (χ4n) is 2.64. The second-order valence-corrected chi connectivity index (χ2v) is 7.93. The van der Waals surface area contributed by atoms with Gasteiger partial charge in [-0.25, -0.2) is 4.39 Å². The molecule has 2 amide bonds. The molecule has 0 radical (unpaired) electrons. The lowest BCUT2D eigenvalue weighted by molar-refractivity contribution is -0.124. The van der Waals surface area contributed by atoms with Crippen molar-refractivity contribution in [2.24, 2.45) is 0 Å². The first-order chi connectivity index (χ1) is 12.3. The summed E-state index contributed by atoms with van der Waals surface area (Å²) in [4.78, 5) is 25.5. The molecular formula is C18H15Cl2FN2O2S. The minimum absolute atomic E-state index is 0.00284. The lowest BCUT2D eigenvalue weighted by atomic mass is 10.1. The van der Waals surface area contributed by atoms with E-state index in [4.69, 9.17) is 23.2 Å². The Bertz CT molecular complexity index is 878. The third-order valence-corrected chi connectivity index (χ3v) is 5.85. The first-order valence-corrected chi connectivity index (χ1v) is 9.49. The number of carbonyl (C=O) groups is 2. The number of amides is 2. The predicted octanol–water partition coefficient (Wildman–Crippen LogP) is 4.81. The molecule has 4 nitrogen and oxygen atoms in total. The number of nitrogens with one attached hydrogen (secondary N) is 2. The number of fused-ring (bicyclic) bond motifs is 1. The molecule has 3 rings (SSSR count). The molecule has 26 heavy (non-hydrogen) atoms. The maximum Gasteiger partial charge on any atom is 0.238 e. The van der Waals surface area contributed by atoms with Gasteiger partial charge in [0, 0.05) is 16.3 Å². The van der Waals surface area contributed by atoms with Gasteiger partial charge in [-0.05, 0) is 36.8 Å². The standard InChI is InChI=1S/C18H15Cl2FN2O2S/c1-9(10-6-13(21)12(20)7-11(10)19)22-17(24)8-16-18(25)23-14-4-2-3-5-15(14)26-16/h2-7,9,16H,8H2,1H3,(H,22,24)(H,23,25)/t9-,16+/m0/s1. The van der Waals surface area contributed by atoms with Crippen molar-refractivity contribution < 1.29 is 14.0 Å². The normalized spacial score (nSPS) is 17.2. The van der Waals surface area contributed by atoms with E-state index < -0.39 is 17.1 Å². The van der Waals surface area contributed by atoms with E-state index in [0.717, 1.165) is 10.6 Å². The lowest BCUT2D eigenvalue weighted by Crippen LogP contribution is -2.35. The van der Waals surface area contributed by atoms with Gasteiger partial charge >= 0.3 is 0 Å². The minimum atomic E-state index is -0.606. The molecule has 1 aliphatic rings. The number of carbonyl (C=O) groups excluding carboxylic acids is 2. The number of anilines is 1. The summed E-state index contributed by atoms with van der Waals surface area (Å²) in [6, 6.07) is 9.40. The summed E-state index contributed by atoms with van der Waals surface area (Å²) in [5.74, 6) is -1.14. The van der Waals surface area contributed by atoms with Gasteiger partial charge < -0.3 is 10.6 Å². The Hall–Kier alpha value is -1.76. The number of hydrogen-bond acceptors (Lipinski definition) is 3. The number of benzene rings is 2. The van der Waals surface area contributed by atoms with Crippen LogP contribution in [-0.2, 0) is 9.59 Å². The van der Waals surface area contributed by atoms with Crippen LogP contribution >= 0.6 is 35.0 Å². The summed E-state index contributed by atoms with van der Waals surface area (Å²) in [6.07, 6.45) is 0.00284. The minimum Gasteiger partial charge on any atom is -0.349 e. The number of hydrogen-bond donors (Lipinski definition) is 2. The van der Waals surface area contributed by atoms with E-state index in [1.165, 1.54) is 23.9 Å². The Morgan fingerprint density at radius 3 is 2.81 bits per heavy atom. The van der Waals surface area contributed by atoms with Crippen LogP contribution in [0.15, 0.2) is 41.3 Å². The number of thioether (sulfide) groups is 1. The topological polar surface area (TPSA) is 58.2 Å². The van der Waals surface area contributed by atoms with Gasteiger partial charge in [-0.3, -0.25) is 9.59 Å². The van der Waals surface area contributed by atoms with Crippen LogP contribution in [0.3, 0.4) is 0 Å². The Labute approximate surface area is 164 Å². The highest BCUT2D eigenvalue weighted by Gasteiger charge is 2.29. The molecule has 2 atom stereocenters. The molecule has 1 heterocycles. The molecule has 0 unspecified atom stereocenters. The number of rotatable bonds is 4. The van der Waals surface area contributed by atoms with Crippen molar-refractivity contribution in [3.63, 3.8) is 0 Å². The summed E-state index contributed by atoms with van der Waals surface area (Å²) in [5.41, 5.74) is 1.17. The van der Waals surface area contributed by atoms with Crippen LogP contribution in [0.4, 0.5) is 10.1 Å². The molecule has 0 spiro atoms. The molecule has 0 fully saturated rings. The van der Waals surface area contributed by atoms with E-state index in [2.05, 4.69) is 10.6 Å². The fraction of sp³-hybridized carbons (Fsp3) is 0.222. The smallest absolute Gasteiger partial charge is 0.238 e. The van der Waals surface area contributed by atoms with E-state index in [0.29, 0.717) is 5.56 Å². The first kappa shape index (κ1) is 19.0. The van der Waals surface area contributed by atoms with Crippen LogP contribution in [0.1, 0.15) is 24.9 Å². The van der Waals surface area contributed by atoms with Gasteiger partial charge in [0.1, 0.15) is 5.82 Å². The highest BCUT2D eigenvalue weighted by molar-refractivity contribution is 8.01. The van der Waals surface area contributed by atoms with Crippen molar-refractivity contribution in [1.29, 1.82) is 0 Å². The zero-order chi connectivity index (χ0) is 18.8. The average molecular weight is 413 g/mol. The van der Waals surface area contributed by atoms with Crippen molar-refractivity contribution >= 4 is 52.5 Å². The highest BCUT2D eigenvalue weighted by Crippen LogP contribution is 2.36. The molecule has 1 aliphatic heterocycles. The average Bonchev–Trinajstić information content (AvgIpc) is 2.58. The second kappa shape index (κ2) is 7.86. The van der Waals surface area contributed by atoms with Crippen LogP contribution in [0.5, 0.6) is 0 Å². The van der Waals surface area contributed by atoms with Gasteiger partial charge in [0.05, 0.1) is 22.0 Å². The molecule has 0 saturated heterocycles. The molecule has 2 aromatic carbocycles. The zero-order valence-electron chi connectivity index (χ0n) is 13.7. The van der Waals surface area contributed by atoms with Crippen molar-refractivity contribution in [3.05, 3.63) is 57.8 Å². The molecule has 0 aliphatic carbocycles. The fourth-order valence-corrected chi connectivity index (χ4v) is 4.30. The van der Waals surface area contributed by atoms with E-state index in [-0.39, 0.29) is 28.3 Å². The maximum atomic E-state index is 13.7. The van der Waals surface area contributed by atoms with Gasteiger partial charge in [-0.15, -0.1) is 11.8 Å². The van der Waals surface area contributed by atoms with Gasteiger partial charge in [-0.2, -0.15) is 0 Å². The third kappa shape index (κ3) is 4.14. The first-order valence-electron chi connectivity index (χ1n) is 7.85. The monoisotopic (exact) mass is 412 g/mol. The van der Waals surface area contributed by atoms with Gasteiger partial charge in [0.2, 0.25) is 11.8 Å². The number of halogens is 3. The predicted molar refractivity (Wildman–Crippen MR) is 102 cm³/mol. The van der Waals surface area contributed by atoms with Crippen LogP contribution in [0.2, 0.25) is 10.0 Å². The van der Waals surface area contributed by atoms with Crippen molar-refractivity contribution in [2.45, 2.75) is 29.5 Å². The summed E-state index contributed by atoms with van der Waals surface area (Å²) in [7, 11) is 0. The summed E-state index contributed by atoms with van der Waals surface area (Å²) >= 11 is 13.1. The maximum absolute atomic E-state index is 13.7. The number of para-hydroxylation sites is 1. The largest absolute Gasteiger partial charge is 0.349 e. The van der Waals surface area contributed by atoms with Gasteiger partial charge in [0.15, 0.2) is 0 Å². The Kier molecular flexibility index (Phi) is 5.75. The van der Waals surface area contributed by atoms with Crippen LogP contribution < -0.4 is 10.6 Å². The third-order valence-electron chi connectivity index (χ3n) is 3.96. The van der Waals surface area contributed by atoms with Crippen molar-refractivity contribution in [2.75, 3.05) is 5.32 Å². The zero-order valence-corrected chi connectivity index (χ0v) is 16.0.